The van der Waals surface area contributed by atoms with Crippen LogP contribution in [0.25, 0.3) is 11.3 Å². The summed E-state index contributed by atoms with van der Waals surface area (Å²) >= 11 is 5.90. The molecule has 0 aliphatic carbocycles. The molecule has 132 valence electrons. The van der Waals surface area contributed by atoms with Crippen LogP contribution in [0.5, 0.6) is 11.5 Å². The van der Waals surface area contributed by atoms with E-state index in [0.29, 0.717) is 30.8 Å². The zero-order valence-electron chi connectivity index (χ0n) is 12.3. The smallest absolute Gasteiger partial charge is 0.317 e. The highest BCUT2D eigenvalue weighted by Crippen LogP contribution is 2.39. The Bertz CT molecular complexity index is 751. The lowest BCUT2D eigenvalue weighted by molar-refractivity contribution is -0.138. The molecular formula is C14H16Cl3N3O4. The molecule has 2 heterocycles. The summed E-state index contributed by atoms with van der Waals surface area (Å²) in [6.07, 6.45) is 0.655. The van der Waals surface area contributed by atoms with Crippen LogP contribution in [0.2, 0.25) is 5.02 Å². The summed E-state index contributed by atoms with van der Waals surface area (Å²) in [5.41, 5.74) is 2.67. The predicted octanol–water partition coefficient (Wildman–Crippen LogP) is 2.43. The molecule has 0 amide bonds. The summed E-state index contributed by atoms with van der Waals surface area (Å²) in [6.45, 7) is 1.00. The third-order valence-electron chi connectivity index (χ3n) is 3.69. The number of hydrogen-bond donors (Lipinski definition) is 4. The highest BCUT2D eigenvalue weighted by Gasteiger charge is 2.25. The van der Waals surface area contributed by atoms with Crippen LogP contribution in [0.3, 0.4) is 0 Å². The van der Waals surface area contributed by atoms with Crippen molar-refractivity contribution in [3.05, 3.63) is 28.4 Å². The molecule has 7 nitrogen and oxygen atoms in total. The molecule has 0 spiro atoms. The van der Waals surface area contributed by atoms with Crippen molar-refractivity contribution in [2.24, 2.45) is 0 Å². The first-order valence-electron chi connectivity index (χ1n) is 6.68. The fourth-order valence-electron chi connectivity index (χ4n) is 2.64. The van der Waals surface area contributed by atoms with Gasteiger partial charge in [-0.05, 0) is 6.07 Å². The van der Waals surface area contributed by atoms with Crippen LogP contribution < -0.4 is 0 Å². The molecule has 0 radical (unpaired) electrons. The van der Waals surface area contributed by atoms with E-state index in [2.05, 4.69) is 10.2 Å². The van der Waals surface area contributed by atoms with Crippen molar-refractivity contribution in [1.82, 2.24) is 15.1 Å². The number of nitrogens with zero attached hydrogens (tertiary/aromatic N) is 2. The molecule has 3 rings (SSSR count). The Morgan fingerprint density at radius 1 is 1.29 bits per heavy atom. The van der Waals surface area contributed by atoms with E-state index in [9.17, 15) is 15.0 Å². The average Bonchev–Trinajstić information content (AvgIpc) is 2.85. The number of phenols is 2. The Morgan fingerprint density at radius 3 is 2.67 bits per heavy atom. The van der Waals surface area contributed by atoms with Crippen LogP contribution in [0.1, 0.15) is 11.3 Å². The number of aromatic nitrogens is 2. The molecular weight excluding hydrogens is 381 g/mol. The van der Waals surface area contributed by atoms with Gasteiger partial charge in [-0.2, -0.15) is 5.10 Å². The van der Waals surface area contributed by atoms with E-state index >= 15 is 0 Å². The van der Waals surface area contributed by atoms with Gasteiger partial charge in [-0.15, -0.1) is 24.8 Å². The molecule has 1 aliphatic heterocycles. The summed E-state index contributed by atoms with van der Waals surface area (Å²) in [5, 5.41) is 35.7. The van der Waals surface area contributed by atoms with Crippen molar-refractivity contribution in [1.29, 1.82) is 0 Å². The first-order chi connectivity index (χ1) is 10.5. The van der Waals surface area contributed by atoms with Crippen molar-refractivity contribution < 1.29 is 20.1 Å². The molecule has 4 N–H and O–H groups in total. The van der Waals surface area contributed by atoms with E-state index in [1.807, 2.05) is 0 Å². The minimum Gasteiger partial charge on any atom is -0.507 e. The number of fused-ring (bicyclic) bond motifs is 1. The fourth-order valence-corrected chi connectivity index (χ4v) is 2.80. The van der Waals surface area contributed by atoms with Gasteiger partial charge < -0.3 is 15.3 Å². The molecule has 0 unspecified atom stereocenters. The predicted molar refractivity (Wildman–Crippen MR) is 93.5 cm³/mol. The lowest BCUT2D eigenvalue weighted by Gasteiger charge is -2.25. The summed E-state index contributed by atoms with van der Waals surface area (Å²) < 4.78 is 0. The number of aliphatic carboxylic acids is 1. The van der Waals surface area contributed by atoms with Crippen LogP contribution in [0.15, 0.2) is 12.1 Å². The standard InChI is InChI=1S/C14H14ClN3O4.2ClH/c15-9-3-7(11(19)4-12(9)20)14-8-5-18(6-13(21)22)2-1-10(8)16-17-14;;/h3-4,19-20H,1-2,5-6H2,(H,16,17)(H,21,22);2*1H. The molecule has 1 aliphatic rings. The van der Waals surface area contributed by atoms with E-state index in [0.717, 1.165) is 17.3 Å². The van der Waals surface area contributed by atoms with Gasteiger partial charge in [0.1, 0.15) is 17.2 Å². The minimum atomic E-state index is -0.885. The molecule has 0 fully saturated rings. The summed E-state index contributed by atoms with van der Waals surface area (Å²) in [7, 11) is 0. The van der Waals surface area contributed by atoms with Gasteiger partial charge >= 0.3 is 5.97 Å². The molecule has 10 heteroatoms. The monoisotopic (exact) mass is 395 g/mol. The Hall–Kier alpha value is -1.67. The summed E-state index contributed by atoms with van der Waals surface area (Å²) in [5.74, 6) is -1.23. The number of carboxylic acids is 1. The fraction of sp³-hybridized carbons (Fsp3) is 0.286. The van der Waals surface area contributed by atoms with Gasteiger partial charge in [0.05, 0.1) is 11.6 Å². The number of aromatic amines is 1. The summed E-state index contributed by atoms with van der Waals surface area (Å²) in [4.78, 5) is 12.7. The molecule has 0 saturated heterocycles. The van der Waals surface area contributed by atoms with Gasteiger partial charge in [0.15, 0.2) is 0 Å². The number of rotatable bonds is 3. The minimum absolute atomic E-state index is 0. The van der Waals surface area contributed by atoms with E-state index in [4.69, 9.17) is 16.7 Å². The number of benzene rings is 1. The first kappa shape index (κ1) is 20.4. The first-order valence-corrected chi connectivity index (χ1v) is 7.05. The number of carboxylic acid groups (broad SMARTS) is 1. The van der Waals surface area contributed by atoms with Crippen LogP contribution in [0, 0.1) is 0 Å². The van der Waals surface area contributed by atoms with Gasteiger partial charge in [-0.25, -0.2) is 0 Å². The zero-order valence-corrected chi connectivity index (χ0v) is 14.7. The molecule has 0 atom stereocenters. The van der Waals surface area contributed by atoms with E-state index in [1.165, 1.54) is 6.07 Å². The maximum atomic E-state index is 10.9. The topological polar surface area (TPSA) is 110 Å². The van der Waals surface area contributed by atoms with Crippen LogP contribution in [-0.4, -0.2) is 49.5 Å². The highest BCUT2D eigenvalue weighted by molar-refractivity contribution is 6.32. The number of aromatic hydroxyl groups is 2. The van der Waals surface area contributed by atoms with E-state index in [1.54, 1.807) is 4.90 Å². The van der Waals surface area contributed by atoms with Gasteiger partial charge in [-0.1, -0.05) is 11.6 Å². The second-order valence-electron chi connectivity index (χ2n) is 5.20. The van der Waals surface area contributed by atoms with Crippen LogP contribution >= 0.6 is 36.4 Å². The lowest BCUT2D eigenvalue weighted by Crippen LogP contribution is -2.34. The third kappa shape index (κ3) is 3.87. The number of halogens is 3. The van der Waals surface area contributed by atoms with Crippen LogP contribution in [0.4, 0.5) is 0 Å². The van der Waals surface area contributed by atoms with Crippen LogP contribution in [-0.2, 0) is 17.8 Å². The Morgan fingerprint density at radius 2 is 2.00 bits per heavy atom. The van der Waals surface area contributed by atoms with Crippen molar-refractivity contribution in [2.45, 2.75) is 13.0 Å². The van der Waals surface area contributed by atoms with Crippen molar-refractivity contribution >= 4 is 42.4 Å². The molecule has 0 bridgehead atoms. The Labute approximate surface area is 155 Å². The molecule has 24 heavy (non-hydrogen) atoms. The highest BCUT2D eigenvalue weighted by atomic mass is 35.5. The summed E-state index contributed by atoms with van der Waals surface area (Å²) in [6, 6.07) is 2.61. The van der Waals surface area contributed by atoms with Gasteiger partial charge in [0.25, 0.3) is 0 Å². The number of carbonyl (C=O) groups is 1. The number of H-pyrrole nitrogens is 1. The van der Waals surface area contributed by atoms with Gasteiger partial charge in [-0.3, -0.25) is 14.8 Å². The zero-order chi connectivity index (χ0) is 15.9. The number of hydrogen-bond acceptors (Lipinski definition) is 5. The molecule has 0 saturated carbocycles. The lowest BCUT2D eigenvalue weighted by atomic mass is 10.0. The van der Waals surface area contributed by atoms with Crippen molar-refractivity contribution in [2.75, 3.05) is 13.1 Å². The molecule has 1 aromatic heterocycles. The number of phenolic OH excluding ortho intramolecular Hbond substituents is 2. The third-order valence-corrected chi connectivity index (χ3v) is 3.99. The maximum absolute atomic E-state index is 10.9. The number of nitrogens with one attached hydrogen (secondary N) is 1. The Kier molecular flexibility index (Phi) is 6.74. The molecule has 2 aromatic rings. The maximum Gasteiger partial charge on any atom is 0.317 e. The second-order valence-corrected chi connectivity index (χ2v) is 5.61. The largest absolute Gasteiger partial charge is 0.507 e. The van der Waals surface area contributed by atoms with Gasteiger partial charge in [0, 0.05) is 42.4 Å². The van der Waals surface area contributed by atoms with Crippen molar-refractivity contribution in [3.63, 3.8) is 0 Å². The van der Waals surface area contributed by atoms with E-state index < -0.39 is 5.97 Å². The SMILES string of the molecule is Cl.Cl.O=C(O)CN1CCc2[nH]nc(-c3cc(Cl)c(O)cc3O)c2C1. The average molecular weight is 397 g/mol. The van der Waals surface area contributed by atoms with Crippen molar-refractivity contribution in [3.8, 4) is 22.8 Å². The molecule has 1 aromatic carbocycles. The normalized spacial score (nSPS) is 13.5. The second kappa shape index (κ2) is 7.94. The van der Waals surface area contributed by atoms with E-state index in [-0.39, 0.29) is 47.9 Å². The Balaban J connectivity index is 0.00000144. The quantitative estimate of drug-likeness (QED) is 0.634. The van der Waals surface area contributed by atoms with Gasteiger partial charge in [0.2, 0.25) is 0 Å².